The number of rotatable bonds is 3. The Labute approximate surface area is 167 Å². The minimum absolute atomic E-state index is 0.0193. The molecule has 1 saturated heterocycles. The molecular weight excluding hydrogens is 368 g/mol. The maximum Gasteiger partial charge on any atom is 0.256 e. The van der Waals surface area contributed by atoms with Crippen LogP contribution in [0.1, 0.15) is 16.2 Å². The Hall–Kier alpha value is -3.52. The van der Waals surface area contributed by atoms with Gasteiger partial charge in [-0.1, -0.05) is 6.07 Å². The highest BCUT2D eigenvalue weighted by Crippen LogP contribution is 2.27. The number of pyridine rings is 1. The number of fused-ring (bicyclic) bond motifs is 1. The zero-order chi connectivity index (χ0) is 19.8. The first kappa shape index (κ1) is 17.6. The molecule has 5 heterocycles. The first-order chi connectivity index (χ1) is 14.2. The highest BCUT2D eigenvalue weighted by molar-refractivity contribution is 6.02. The van der Waals surface area contributed by atoms with Crippen LogP contribution in [0.5, 0.6) is 0 Å². The van der Waals surface area contributed by atoms with E-state index in [-0.39, 0.29) is 5.91 Å². The third-order valence-electron chi connectivity index (χ3n) is 5.12. The first-order valence-corrected chi connectivity index (χ1v) is 9.53. The number of carbonyl (C=O) groups excluding carboxylic acids is 1. The molecule has 5 rings (SSSR count). The number of aryl methyl sites for hydroxylation is 1. The summed E-state index contributed by atoms with van der Waals surface area (Å²) in [5, 5.41) is 0. The Morgan fingerprint density at radius 3 is 2.69 bits per heavy atom. The van der Waals surface area contributed by atoms with Gasteiger partial charge in [-0.25, -0.2) is 15.0 Å². The molecule has 146 valence electrons. The van der Waals surface area contributed by atoms with Crippen LogP contribution in [0.4, 0.5) is 0 Å². The van der Waals surface area contributed by atoms with Crippen LogP contribution in [-0.2, 0) is 4.74 Å². The van der Waals surface area contributed by atoms with Crippen molar-refractivity contribution < 1.29 is 9.53 Å². The Kier molecular flexibility index (Phi) is 4.33. The minimum atomic E-state index is 0.0193. The molecule has 4 aromatic rings. The molecule has 0 unspecified atom stereocenters. The van der Waals surface area contributed by atoms with E-state index in [0.717, 1.165) is 22.7 Å². The lowest BCUT2D eigenvalue weighted by Crippen LogP contribution is -2.40. The number of hydrogen-bond acceptors (Lipinski definition) is 5. The summed E-state index contributed by atoms with van der Waals surface area (Å²) in [5.41, 5.74) is 3.15. The molecule has 1 amide bonds. The van der Waals surface area contributed by atoms with Crippen molar-refractivity contribution in [1.29, 1.82) is 0 Å². The predicted molar refractivity (Wildman–Crippen MR) is 107 cm³/mol. The van der Waals surface area contributed by atoms with Crippen LogP contribution in [0.25, 0.3) is 22.9 Å². The van der Waals surface area contributed by atoms with Gasteiger partial charge in [-0.15, -0.1) is 0 Å². The largest absolute Gasteiger partial charge is 0.378 e. The van der Waals surface area contributed by atoms with Crippen molar-refractivity contribution in [3.8, 4) is 17.3 Å². The average molecular weight is 388 g/mol. The van der Waals surface area contributed by atoms with Crippen molar-refractivity contribution >= 4 is 11.4 Å². The molecule has 0 saturated carbocycles. The Balaban J connectivity index is 1.61. The number of carbonyl (C=O) groups is 1. The summed E-state index contributed by atoms with van der Waals surface area (Å²) >= 11 is 0. The SMILES string of the molecule is Cc1nc(-c2cc(C(=O)N3CCOCC3)c3ccccn23)cn1-c1ncccn1. The summed E-state index contributed by atoms with van der Waals surface area (Å²) in [4.78, 5) is 28.3. The molecule has 0 atom stereocenters. The van der Waals surface area contributed by atoms with Gasteiger partial charge in [0.2, 0.25) is 5.95 Å². The number of amides is 1. The van der Waals surface area contributed by atoms with Gasteiger partial charge in [0.25, 0.3) is 5.91 Å². The van der Waals surface area contributed by atoms with Gasteiger partial charge in [0.1, 0.15) is 11.5 Å². The number of morpholine rings is 1. The van der Waals surface area contributed by atoms with Gasteiger partial charge in [0, 0.05) is 37.9 Å². The minimum Gasteiger partial charge on any atom is -0.378 e. The van der Waals surface area contributed by atoms with Gasteiger partial charge in [-0.05, 0) is 31.2 Å². The van der Waals surface area contributed by atoms with Crippen LogP contribution in [-0.4, -0.2) is 61.0 Å². The zero-order valence-electron chi connectivity index (χ0n) is 16.0. The van der Waals surface area contributed by atoms with Crippen molar-refractivity contribution in [3.05, 3.63) is 66.5 Å². The van der Waals surface area contributed by atoms with Crippen LogP contribution in [0.2, 0.25) is 0 Å². The molecule has 0 aromatic carbocycles. The average Bonchev–Trinajstić information content (AvgIpc) is 3.35. The molecule has 0 bridgehead atoms. The van der Waals surface area contributed by atoms with E-state index in [2.05, 4.69) is 9.97 Å². The molecule has 0 N–H and O–H groups in total. The van der Waals surface area contributed by atoms with Crippen molar-refractivity contribution in [2.45, 2.75) is 6.92 Å². The van der Waals surface area contributed by atoms with E-state index < -0.39 is 0 Å². The second-order valence-electron chi connectivity index (χ2n) is 6.90. The quantitative estimate of drug-likeness (QED) is 0.538. The van der Waals surface area contributed by atoms with E-state index in [9.17, 15) is 4.79 Å². The summed E-state index contributed by atoms with van der Waals surface area (Å²) in [6.07, 6.45) is 7.26. The first-order valence-electron chi connectivity index (χ1n) is 9.53. The highest BCUT2D eigenvalue weighted by atomic mass is 16.5. The van der Waals surface area contributed by atoms with Gasteiger partial charge in [0.05, 0.1) is 30.0 Å². The lowest BCUT2D eigenvalue weighted by molar-refractivity contribution is 0.0304. The fourth-order valence-corrected chi connectivity index (χ4v) is 3.67. The van der Waals surface area contributed by atoms with Crippen molar-refractivity contribution in [1.82, 2.24) is 28.8 Å². The third kappa shape index (κ3) is 3.07. The van der Waals surface area contributed by atoms with E-state index in [0.29, 0.717) is 37.8 Å². The maximum atomic E-state index is 13.2. The molecular formula is C21H20N6O2. The molecule has 29 heavy (non-hydrogen) atoms. The number of ether oxygens (including phenoxy) is 1. The molecule has 0 radical (unpaired) electrons. The van der Waals surface area contributed by atoms with Crippen LogP contribution in [0.3, 0.4) is 0 Å². The molecule has 1 aliphatic rings. The van der Waals surface area contributed by atoms with Crippen LogP contribution in [0.15, 0.2) is 55.1 Å². The van der Waals surface area contributed by atoms with Gasteiger partial charge < -0.3 is 14.0 Å². The molecule has 0 aliphatic carbocycles. The smallest absolute Gasteiger partial charge is 0.256 e. The molecule has 8 nitrogen and oxygen atoms in total. The normalized spacial score (nSPS) is 14.4. The topological polar surface area (TPSA) is 77.5 Å². The predicted octanol–water partition coefficient (Wildman–Crippen LogP) is 2.36. The standard InChI is InChI=1S/C21H20N6O2/c1-15-24-17(14-27(15)21-22-6-4-7-23-21)19-13-16(18-5-2-3-8-26(18)19)20(28)25-9-11-29-12-10-25/h2-8,13-14H,9-12H2,1H3. The van der Waals surface area contributed by atoms with Crippen LogP contribution in [0, 0.1) is 6.92 Å². The van der Waals surface area contributed by atoms with Gasteiger partial charge in [0.15, 0.2) is 0 Å². The van der Waals surface area contributed by atoms with Crippen LogP contribution < -0.4 is 0 Å². The van der Waals surface area contributed by atoms with E-state index in [1.165, 1.54) is 0 Å². The Morgan fingerprint density at radius 2 is 1.90 bits per heavy atom. The van der Waals surface area contributed by atoms with Gasteiger partial charge in [-0.3, -0.25) is 9.36 Å². The molecule has 0 spiro atoms. The number of aromatic nitrogens is 5. The zero-order valence-corrected chi connectivity index (χ0v) is 16.0. The maximum absolute atomic E-state index is 13.2. The van der Waals surface area contributed by atoms with E-state index in [4.69, 9.17) is 9.72 Å². The van der Waals surface area contributed by atoms with Gasteiger partial charge in [-0.2, -0.15) is 0 Å². The summed E-state index contributed by atoms with van der Waals surface area (Å²) in [5.74, 6) is 1.36. The van der Waals surface area contributed by atoms with E-state index in [1.807, 2.05) is 57.5 Å². The molecule has 4 aromatic heterocycles. The van der Waals surface area contributed by atoms with Crippen molar-refractivity contribution in [2.24, 2.45) is 0 Å². The highest BCUT2D eigenvalue weighted by Gasteiger charge is 2.24. The fourth-order valence-electron chi connectivity index (χ4n) is 3.67. The van der Waals surface area contributed by atoms with Crippen molar-refractivity contribution in [2.75, 3.05) is 26.3 Å². The number of nitrogens with zero attached hydrogens (tertiary/aromatic N) is 6. The summed E-state index contributed by atoms with van der Waals surface area (Å²) in [6.45, 7) is 4.28. The van der Waals surface area contributed by atoms with E-state index in [1.54, 1.807) is 18.5 Å². The van der Waals surface area contributed by atoms with Gasteiger partial charge >= 0.3 is 0 Å². The van der Waals surface area contributed by atoms with E-state index >= 15 is 0 Å². The molecule has 1 aliphatic heterocycles. The monoisotopic (exact) mass is 388 g/mol. The number of imidazole rings is 1. The lowest BCUT2D eigenvalue weighted by Gasteiger charge is -2.26. The molecule has 8 heteroatoms. The van der Waals surface area contributed by atoms with Crippen molar-refractivity contribution in [3.63, 3.8) is 0 Å². The Morgan fingerprint density at radius 1 is 1.10 bits per heavy atom. The Bertz CT molecular complexity index is 1170. The molecule has 1 fully saturated rings. The second kappa shape index (κ2) is 7.14. The second-order valence-corrected chi connectivity index (χ2v) is 6.90. The third-order valence-corrected chi connectivity index (χ3v) is 5.12. The lowest BCUT2D eigenvalue weighted by atomic mass is 10.2. The fraction of sp³-hybridized carbons (Fsp3) is 0.238. The van der Waals surface area contributed by atoms with Crippen LogP contribution >= 0.6 is 0 Å². The summed E-state index contributed by atoms with van der Waals surface area (Å²) in [7, 11) is 0. The summed E-state index contributed by atoms with van der Waals surface area (Å²) < 4.78 is 9.24. The number of hydrogen-bond donors (Lipinski definition) is 0. The summed E-state index contributed by atoms with van der Waals surface area (Å²) in [6, 6.07) is 9.55.